The van der Waals surface area contributed by atoms with Crippen molar-refractivity contribution >= 4 is 39.9 Å². The number of nitrogens with one attached hydrogen (secondary N) is 1. The largest absolute Gasteiger partial charge is 0.497 e. The van der Waals surface area contributed by atoms with Crippen molar-refractivity contribution < 1.29 is 9.53 Å². The van der Waals surface area contributed by atoms with Crippen molar-refractivity contribution in [2.75, 3.05) is 18.2 Å². The number of aryl methyl sites for hydroxylation is 2. The summed E-state index contributed by atoms with van der Waals surface area (Å²) in [7, 11) is 1.64. The Morgan fingerprint density at radius 2 is 1.93 bits per heavy atom. The van der Waals surface area contributed by atoms with Crippen molar-refractivity contribution in [3.63, 3.8) is 0 Å². The van der Waals surface area contributed by atoms with Crippen LogP contribution in [0.15, 0.2) is 53.7 Å². The number of nitrogens with zero attached hydrogens (tertiary/aromatic N) is 3. The first-order chi connectivity index (χ1) is 13.6. The number of carbonyl (C=O) groups excluding carboxylic acids is 1. The van der Waals surface area contributed by atoms with Gasteiger partial charge in [0.15, 0.2) is 10.8 Å². The van der Waals surface area contributed by atoms with Crippen molar-refractivity contribution in [3.8, 4) is 5.75 Å². The van der Waals surface area contributed by atoms with Crippen LogP contribution in [0.25, 0.3) is 16.6 Å². The standard InChI is InChI=1S/C21H20N4O2S/c1-13-6-4-5-7-17(13)22-20(26)12-28-21-24-23-19-10-14(2)16-9-8-15(27-3)11-18(16)25(19)21/h4-11H,12H2,1-3H3,(H,22,26). The van der Waals surface area contributed by atoms with Gasteiger partial charge in [-0.05, 0) is 49.2 Å². The van der Waals surface area contributed by atoms with E-state index in [4.69, 9.17) is 4.74 Å². The first-order valence-corrected chi connectivity index (χ1v) is 9.86. The fourth-order valence-electron chi connectivity index (χ4n) is 3.15. The predicted molar refractivity (Wildman–Crippen MR) is 112 cm³/mol. The van der Waals surface area contributed by atoms with Crippen LogP contribution in [0.1, 0.15) is 11.1 Å². The molecule has 0 aliphatic heterocycles. The average molecular weight is 392 g/mol. The summed E-state index contributed by atoms with van der Waals surface area (Å²) in [5.74, 6) is 0.931. The monoisotopic (exact) mass is 392 g/mol. The van der Waals surface area contributed by atoms with Crippen LogP contribution in [0.4, 0.5) is 5.69 Å². The number of carbonyl (C=O) groups is 1. The number of thioether (sulfide) groups is 1. The minimum Gasteiger partial charge on any atom is -0.497 e. The van der Waals surface area contributed by atoms with E-state index in [2.05, 4.69) is 15.5 Å². The molecule has 0 radical (unpaired) electrons. The first kappa shape index (κ1) is 18.3. The molecule has 0 aliphatic carbocycles. The van der Waals surface area contributed by atoms with Crippen LogP contribution < -0.4 is 10.1 Å². The molecule has 0 aliphatic rings. The van der Waals surface area contributed by atoms with Gasteiger partial charge in [0.2, 0.25) is 5.91 Å². The molecule has 4 rings (SSSR count). The third-order valence-electron chi connectivity index (χ3n) is 4.63. The van der Waals surface area contributed by atoms with E-state index >= 15 is 0 Å². The van der Waals surface area contributed by atoms with E-state index in [-0.39, 0.29) is 11.7 Å². The number of benzene rings is 2. The second-order valence-corrected chi connectivity index (χ2v) is 7.48. The van der Waals surface area contributed by atoms with Gasteiger partial charge in [0, 0.05) is 17.1 Å². The normalized spacial score (nSPS) is 11.1. The minimum absolute atomic E-state index is 0.0787. The lowest BCUT2D eigenvalue weighted by Gasteiger charge is -2.10. The molecular weight excluding hydrogens is 372 g/mol. The lowest BCUT2D eigenvalue weighted by molar-refractivity contribution is -0.113. The minimum atomic E-state index is -0.0787. The van der Waals surface area contributed by atoms with Crippen LogP contribution >= 0.6 is 11.8 Å². The zero-order valence-corrected chi connectivity index (χ0v) is 16.7. The van der Waals surface area contributed by atoms with Gasteiger partial charge in [0.25, 0.3) is 0 Å². The van der Waals surface area contributed by atoms with Crippen LogP contribution in [-0.2, 0) is 4.79 Å². The Labute approximate surface area is 166 Å². The van der Waals surface area contributed by atoms with E-state index in [1.165, 1.54) is 11.8 Å². The molecule has 0 fully saturated rings. The predicted octanol–water partition coefficient (Wildman–Crippen LogP) is 4.24. The van der Waals surface area contributed by atoms with E-state index in [9.17, 15) is 4.79 Å². The number of para-hydroxylation sites is 1. The van der Waals surface area contributed by atoms with Gasteiger partial charge in [0.1, 0.15) is 5.75 Å². The summed E-state index contributed by atoms with van der Waals surface area (Å²) in [5.41, 5.74) is 4.68. The molecule has 142 valence electrons. The molecule has 1 amide bonds. The number of hydrogen-bond acceptors (Lipinski definition) is 5. The smallest absolute Gasteiger partial charge is 0.234 e. The molecule has 1 N–H and O–H groups in total. The molecule has 6 nitrogen and oxygen atoms in total. The van der Waals surface area contributed by atoms with Crippen molar-refractivity contribution in [2.45, 2.75) is 19.0 Å². The van der Waals surface area contributed by atoms with Crippen LogP contribution in [0.5, 0.6) is 5.75 Å². The van der Waals surface area contributed by atoms with Gasteiger partial charge < -0.3 is 10.1 Å². The van der Waals surface area contributed by atoms with Gasteiger partial charge in [-0.15, -0.1) is 10.2 Å². The topological polar surface area (TPSA) is 68.5 Å². The van der Waals surface area contributed by atoms with Crippen LogP contribution in [0.2, 0.25) is 0 Å². The summed E-state index contributed by atoms with van der Waals surface area (Å²) in [4.78, 5) is 12.4. The Hall–Kier alpha value is -3.06. The van der Waals surface area contributed by atoms with E-state index in [1.54, 1.807) is 7.11 Å². The number of aromatic nitrogens is 3. The highest BCUT2D eigenvalue weighted by atomic mass is 32.2. The molecule has 0 bridgehead atoms. The Morgan fingerprint density at radius 1 is 1.11 bits per heavy atom. The van der Waals surface area contributed by atoms with E-state index in [0.717, 1.165) is 39.1 Å². The molecule has 2 heterocycles. The number of hydrogen-bond donors (Lipinski definition) is 1. The average Bonchev–Trinajstić information content (AvgIpc) is 3.10. The second kappa shape index (κ2) is 7.52. The molecule has 0 unspecified atom stereocenters. The molecule has 0 saturated carbocycles. The maximum atomic E-state index is 12.4. The second-order valence-electron chi connectivity index (χ2n) is 6.54. The molecule has 2 aromatic carbocycles. The maximum absolute atomic E-state index is 12.4. The molecule has 7 heteroatoms. The third-order valence-corrected chi connectivity index (χ3v) is 5.56. The number of pyridine rings is 1. The van der Waals surface area contributed by atoms with Crippen LogP contribution in [-0.4, -0.2) is 33.4 Å². The number of methoxy groups -OCH3 is 1. The third kappa shape index (κ3) is 3.41. The highest BCUT2D eigenvalue weighted by Gasteiger charge is 2.14. The molecule has 4 aromatic rings. The number of anilines is 1. The SMILES string of the molecule is COc1ccc2c(C)cc3nnc(SCC(=O)Nc4ccccc4C)n3c2c1. The van der Waals surface area contributed by atoms with E-state index < -0.39 is 0 Å². The van der Waals surface area contributed by atoms with Gasteiger partial charge in [-0.1, -0.05) is 30.0 Å². The summed E-state index contributed by atoms with van der Waals surface area (Å²) in [5, 5.41) is 13.3. The summed E-state index contributed by atoms with van der Waals surface area (Å²) in [6.07, 6.45) is 0. The molecule has 0 spiro atoms. The van der Waals surface area contributed by atoms with Gasteiger partial charge >= 0.3 is 0 Å². The van der Waals surface area contributed by atoms with Crippen LogP contribution in [0.3, 0.4) is 0 Å². The van der Waals surface area contributed by atoms with Gasteiger partial charge in [0.05, 0.1) is 18.4 Å². The van der Waals surface area contributed by atoms with E-state index in [0.29, 0.717) is 5.16 Å². The van der Waals surface area contributed by atoms with Crippen molar-refractivity contribution in [1.29, 1.82) is 0 Å². The van der Waals surface area contributed by atoms with E-state index in [1.807, 2.05) is 66.8 Å². The summed E-state index contributed by atoms with van der Waals surface area (Å²) in [6, 6.07) is 15.7. The highest BCUT2D eigenvalue weighted by Crippen LogP contribution is 2.28. The molecule has 0 atom stereocenters. The van der Waals surface area contributed by atoms with Gasteiger partial charge in [-0.2, -0.15) is 0 Å². The van der Waals surface area contributed by atoms with Crippen LogP contribution in [0, 0.1) is 13.8 Å². The number of amides is 1. The Morgan fingerprint density at radius 3 is 2.71 bits per heavy atom. The summed E-state index contributed by atoms with van der Waals surface area (Å²) >= 11 is 1.36. The molecule has 28 heavy (non-hydrogen) atoms. The number of rotatable bonds is 5. The molecule has 0 saturated heterocycles. The fraction of sp³-hybridized carbons (Fsp3) is 0.190. The quantitative estimate of drug-likeness (QED) is 0.515. The first-order valence-electron chi connectivity index (χ1n) is 8.87. The van der Waals surface area contributed by atoms with Gasteiger partial charge in [-0.25, -0.2) is 0 Å². The fourth-order valence-corrected chi connectivity index (χ4v) is 3.90. The Balaban J connectivity index is 1.63. The molecule has 2 aromatic heterocycles. The van der Waals surface area contributed by atoms with Gasteiger partial charge in [-0.3, -0.25) is 9.20 Å². The lowest BCUT2D eigenvalue weighted by atomic mass is 10.1. The number of fused-ring (bicyclic) bond motifs is 3. The molecular formula is C21H20N4O2S. The highest BCUT2D eigenvalue weighted by molar-refractivity contribution is 7.99. The summed E-state index contributed by atoms with van der Waals surface area (Å²) in [6.45, 7) is 4.02. The van der Waals surface area contributed by atoms with Crippen molar-refractivity contribution in [3.05, 3.63) is 59.7 Å². The number of ether oxygens (including phenoxy) is 1. The zero-order valence-electron chi connectivity index (χ0n) is 15.9. The Bertz CT molecular complexity index is 1190. The lowest BCUT2D eigenvalue weighted by Crippen LogP contribution is -2.15. The summed E-state index contributed by atoms with van der Waals surface area (Å²) < 4.78 is 7.35. The Kier molecular flexibility index (Phi) is 4.92. The maximum Gasteiger partial charge on any atom is 0.234 e. The zero-order chi connectivity index (χ0) is 19.7. The van der Waals surface area contributed by atoms with Crippen molar-refractivity contribution in [2.24, 2.45) is 0 Å². The van der Waals surface area contributed by atoms with Crippen molar-refractivity contribution in [1.82, 2.24) is 14.6 Å².